The molecule has 0 radical (unpaired) electrons. The van der Waals surface area contributed by atoms with Crippen molar-refractivity contribution in [2.45, 2.75) is 13.8 Å². The van der Waals surface area contributed by atoms with Crippen LogP contribution in [0, 0.1) is 13.8 Å². The molecule has 6 nitrogen and oxygen atoms in total. The highest BCUT2D eigenvalue weighted by Crippen LogP contribution is 2.13. The second-order valence-corrected chi connectivity index (χ2v) is 4.79. The molecule has 1 aromatic carbocycles. The molecule has 0 atom stereocenters. The summed E-state index contributed by atoms with van der Waals surface area (Å²) in [7, 11) is 1.42. The topological polar surface area (TPSA) is 80.3 Å². The summed E-state index contributed by atoms with van der Waals surface area (Å²) in [4.78, 5) is 28.1. The van der Waals surface area contributed by atoms with Crippen LogP contribution in [0.2, 0.25) is 0 Å². The standard InChI is InChI=1S/C16H17N3O3/c1-10-6-7-12(11(2)9-10)14(20)18-19-15(21)13-5-4-8-17-16(13)22-3/h4-9H,1-3H3,(H,18,20)(H,19,21). The van der Waals surface area contributed by atoms with E-state index in [4.69, 9.17) is 4.74 Å². The number of rotatable bonds is 3. The Hall–Kier alpha value is -2.89. The van der Waals surface area contributed by atoms with Gasteiger partial charge in [0, 0.05) is 11.8 Å². The van der Waals surface area contributed by atoms with Crippen LogP contribution in [0.5, 0.6) is 5.88 Å². The molecule has 1 aromatic heterocycles. The number of hydrogen-bond donors (Lipinski definition) is 2. The van der Waals surface area contributed by atoms with Crippen LogP contribution in [0.15, 0.2) is 36.5 Å². The fraction of sp³-hybridized carbons (Fsp3) is 0.188. The third-order valence-corrected chi connectivity index (χ3v) is 3.13. The maximum absolute atomic E-state index is 12.1. The quantitative estimate of drug-likeness (QED) is 0.847. The molecule has 2 rings (SSSR count). The molecule has 22 heavy (non-hydrogen) atoms. The number of carbonyl (C=O) groups is 2. The molecule has 114 valence electrons. The van der Waals surface area contributed by atoms with E-state index in [0.29, 0.717) is 5.56 Å². The molecule has 2 N–H and O–H groups in total. The Morgan fingerprint density at radius 3 is 2.36 bits per heavy atom. The molecule has 2 amide bonds. The predicted molar refractivity (Wildman–Crippen MR) is 81.6 cm³/mol. The lowest BCUT2D eigenvalue weighted by Gasteiger charge is -2.11. The molecule has 0 fully saturated rings. The number of hydrazine groups is 1. The Morgan fingerprint density at radius 2 is 1.73 bits per heavy atom. The first-order valence-electron chi connectivity index (χ1n) is 6.70. The molecule has 0 unspecified atom stereocenters. The number of aryl methyl sites for hydroxylation is 2. The molecule has 2 aromatic rings. The van der Waals surface area contributed by atoms with Crippen molar-refractivity contribution in [3.63, 3.8) is 0 Å². The Bertz CT molecular complexity index is 714. The average Bonchev–Trinajstić information content (AvgIpc) is 2.52. The van der Waals surface area contributed by atoms with E-state index in [1.165, 1.54) is 13.3 Å². The van der Waals surface area contributed by atoms with Crippen LogP contribution in [-0.2, 0) is 0 Å². The van der Waals surface area contributed by atoms with Crippen molar-refractivity contribution >= 4 is 11.8 Å². The fourth-order valence-corrected chi connectivity index (χ4v) is 2.04. The van der Waals surface area contributed by atoms with Crippen molar-refractivity contribution in [2.24, 2.45) is 0 Å². The maximum Gasteiger partial charge on any atom is 0.275 e. The zero-order valence-electron chi connectivity index (χ0n) is 12.6. The lowest BCUT2D eigenvalue weighted by molar-refractivity contribution is 0.0844. The summed E-state index contributed by atoms with van der Waals surface area (Å²) in [6, 6.07) is 8.64. The number of aromatic nitrogens is 1. The van der Waals surface area contributed by atoms with E-state index in [-0.39, 0.29) is 17.4 Å². The van der Waals surface area contributed by atoms with Gasteiger partial charge in [0.2, 0.25) is 5.88 Å². The van der Waals surface area contributed by atoms with E-state index in [1.54, 1.807) is 18.2 Å². The van der Waals surface area contributed by atoms with Crippen LogP contribution < -0.4 is 15.6 Å². The second-order valence-electron chi connectivity index (χ2n) is 4.79. The molecule has 0 aliphatic heterocycles. The molecule has 0 spiro atoms. The molecular weight excluding hydrogens is 282 g/mol. The van der Waals surface area contributed by atoms with Crippen molar-refractivity contribution in [3.8, 4) is 5.88 Å². The van der Waals surface area contributed by atoms with E-state index < -0.39 is 5.91 Å². The monoisotopic (exact) mass is 299 g/mol. The smallest absolute Gasteiger partial charge is 0.275 e. The van der Waals surface area contributed by atoms with Crippen molar-refractivity contribution in [3.05, 3.63) is 58.8 Å². The highest BCUT2D eigenvalue weighted by Gasteiger charge is 2.14. The van der Waals surface area contributed by atoms with Gasteiger partial charge >= 0.3 is 0 Å². The lowest BCUT2D eigenvalue weighted by atomic mass is 10.1. The molecule has 6 heteroatoms. The number of nitrogens with zero attached hydrogens (tertiary/aromatic N) is 1. The minimum atomic E-state index is -0.497. The zero-order valence-corrected chi connectivity index (χ0v) is 12.6. The number of nitrogens with one attached hydrogen (secondary N) is 2. The molecular formula is C16H17N3O3. The molecule has 0 aliphatic carbocycles. The largest absolute Gasteiger partial charge is 0.480 e. The zero-order chi connectivity index (χ0) is 16.1. The molecule has 0 bridgehead atoms. The summed E-state index contributed by atoms with van der Waals surface area (Å²) in [6.07, 6.45) is 1.52. The predicted octanol–water partition coefficient (Wildman–Crippen LogP) is 1.78. The van der Waals surface area contributed by atoms with Crippen molar-refractivity contribution < 1.29 is 14.3 Å². The van der Waals surface area contributed by atoms with Crippen LogP contribution in [0.25, 0.3) is 0 Å². The molecule has 1 heterocycles. The van der Waals surface area contributed by atoms with Gasteiger partial charge in [-0.1, -0.05) is 17.7 Å². The normalized spacial score (nSPS) is 9.95. The highest BCUT2D eigenvalue weighted by molar-refractivity contribution is 6.00. The molecule has 0 aliphatic rings. The van der Waals surface area contributed by atoms with Gasteiger partial charge in [0.15, 0.2) is 0 Å². The SMILES string of the molecule is COc1ncccc1C(=O)NNC(=O)c1ccc(C)cc1C. The van der Waals surface area contributed by atoms with Gasteiger partial charge in [0.05, 0.1) is 7.11 Å². The van der Waals surface area contributed by atoms with E-state index in [9.17, 15) is 9.59 Å². The Morgan fingerprint density at radius 1 is 1.05 bits per heavy atom. The van der Waals surface area contributed by atoms with Gasteiger partial charge in [-0.15, -0.1) is 0 Å². The van der Waals surface area contributed by atoms with Crippen molar-refractivity contribution in [2.75, 3.05) is 7.11 Å². The van der Waals surface area contributed by atoms with Gasteiger partial charge < -0.3 is 4.74 Å². The number of ether oxygens (including phenoxy) is 1. The molecule has 0 saturated heterocycles. The van der Waals surface area contributed by atoms with Gasteiger partial charge in [-0.3, -0.25) is 20.4 Å². The number of pyridine rings is 1. The van der Waals surface area contributed by atoms with Gasteiger partial charge in [0.25, 0.3) is 11.8 Å². The number of hydrogen-bond acceptors (Lipinski definition) is 4. The van der Waals surface area contributed by atoms with E-state index in [2.05, 4.69) is 15.8 Å². The van der Waals surface area contributed by atoms with Crippen molar-refractivity contribution in [1.82, 2.24) is 15.8 Å². The fourth-order valence-electron chi connectivity index (χ4n) is 2.04. The number of carbonyl (C=O) groups excluding carboxylic acids is 2. The van der Waals surface area contributed by atoms with E-state index in [0.717, 1.165) is 11.1 Å². The summed E-state index contributed by atoms with van der Waals surface area (Å²) in [6.45, 7) is 3.79. The molecule has 0 saturated carbocycles. The maximum atomic E-state index is 12.1. The summed E-state index contributed by atoms with van der Waals surface area (Å²) in [5, 5.41) is 0. The Balaban J connectivity index is 2.06. The average molecular weight is 299 g/mol. The summed E-state index contributed by atoms with van der Waals surface area (Å²) in [5.74, 6) is -0.683. The van der Waals surface area contributed by atoms with Gasteiger partial charge in [-0.2, -0.15) is 0 Å². The highest BCUT2D eigenvalue weighted by atomic mass is 16.5. The Labute approximate surface area is 128 Å². The first-order chi connectivity index (χ1) is 10.5. The Kier molecular flexibility index (Phi) is 4.73. The van der Waals surface area contributed by atoms with Crippen LogP contribution in [-0.4, -0.2) is 23.9 Å². The van der Waals surface area contributed by atoms with Gasteiger partial charge in [0.1, 0.15) is 5.56 Å². The van der Waals surface area contributed by atoms with Crippen molar-refractivity contribution in [1.29, 1.82) is 0 Å². The van der Waals surface area contributed by atoms with E-state index >= 15 is 0 Å². The minimum absolute atomic E-state index is 0.195. The number of benzene rings is 1. The van der Waals surface area contributed by atoms with Gasteiger partial charge in [-0.25, -0.2) is 4.98 Å². The first kappa shape index (κ1) is 15.5. The van der Waals surface area contributed by atoms with Crippen LogP contribution >= 0.6 is 0 Å². The van der Waals surface area contributed by atoms with Crippen LogP contribution in [0.1, 0.15) is 31.8 Å². The summed E-state index contributed by atoms with van der Waals surface area (Å²) >= 11 is 0. The third kappa shape index (κ3) is 3.41. The lowest BCUT2D eigenvalue weighted by Crippen LogP contribution is -2.42. The van der Waals surface area contributed by atoms with Crippen LogP contribution in [0.4, 0.5) is 0 Å². The van der Waals surface area contributed by atoms with E-state index in [1.807, 2.05) is 26.0 Å². The number of methoxy groups -OCH3 is 1. The van der Waals surface area contributed by atoms with Gasteiger partial charge in [-0.05, 0) is 37.6 Å². The first-order valence-corrected chi connectivity index (χ1v) is 6.70. The summed E-state index contributed by atoms with van der Waals surface area (Å²) < 4.78 is 5.01. The summed E-state index contributed by atoms with van der Waals surface area (Å²) in [5.41, 5.74) is 7.39. The minimum Gasteiger partial charge on any atom is -0.480 e. The second kappa shape index (κ2) is 6.71. The van der Waals surface area contributed by atoms with Crippen LogP contribution in [0.3, 0.4) is 0 Å². The number of amides is 2. The third-order valence-electron chi connectivity index (χ3n) is 3.13.